The normalized spacial score (nSPS) is 15.5. The van der Waals surface area contributed by atoms with Gasteiger partial charge in [0, 0.05) is 15.6 Å². The summed E-state index contributed by atoms with van der Waals surface area (Å²) in [5, 5.41) is 10.6. The second-order valence-electron chi connectivity index (χ2n) is 7.59. The summed E-state index contributed by atoms with van der Waals surface area (Å²) in [5.74, 6) is 0.156. The molecule has 8 nitrogen and oxygen atoms in total. The molecule has 1 aromatic heterocycles. The van der Waals surface area contributed by atoms with Gasteiger partial charge in [-0.3, -0.25) is 9.36 Å². The lowest BCUT2D eigenvalue weighted by Gasteiger charge is -2.25. The number of thiazole rings is 1. The predicted molar refractivity (Wildman–Crippen MR) is 136 cm³/mol. The first kappa shape index (κ1) is 24.7. The number of carbonyl (C=O) groups is 1. The molecular formula is C25H23BrN2O6S. The minimum absolute atomic E-state index is 0.0915. The summed E-state index contributed by atoms with van der Waals surface area (Å²) >= 11 is 4.56. The Balaban J connectivity index is 2.01. The summed E-state index contributed by atoms with van der Waals surface area (Å²) in [5.41, 5.74) is 1.39. The van der Waals surface area contributed by atoms with E-state index in [9.17, 15) is 14.7 Å². The van der Waals surface area contributed by atoms with Gasteiger partial charge in [-0.25, -0.2) is 9.79 Å². The van der Waals surface area contributed by atoms with E-state index in [4.69, 9.17) is 14.2 Å². The fraction of sp³-hybridized carbons (Fsp3) is 0.240. The van der Waals surface area contributed by atoms with Crippen molar-refractivity contribution >= 4 is 39.3 Å². The summed E-state index contributed by atoms with van der Waals surface area (Å²) in [6.45, 7) is 3.62. The van der Waals surface area contributed by atoms with Crippen molar-refractivity contribution in [3.63, 3.8) is 0 Å². The number of rotatable bonds is 6. The number of para-hydroxylation sites is 1. The molecule has 10 heteroatoms. The van der Waals surface area contributed by atoms with Crippen LogP contribution in [0.2, 0.25) is 0 Å². The van der Waals surface area contributed by atoms with Crippen molar-refractivity contribution in [1.29, 1.82) is 0 Å². The molecule has 1 atom stereocenters. The second-order valence-corrected chi connectivity index (χ2v) is 9.51. The molecule has 0 fully saturated rings. The molecule has 3 aromatic rings. The van der Waals surface area contributed by atoms with Gasteiger partial charge < -0.3 is 19.3 Å². The Labute approximate surface area is 213 Å². The first-order chi connectivity index (χ1) is 16.8. The van der Waals surface area contributed by atoms with Crippen LogP contribution in [0.5, 0.6) is 17.2 Å². The van der Waals surface area contributed by atoms with Crippen LogP contribution in [0.4, 0.5) is 0 Å². The Morgan fingerprint density at radius 1 is 1.23 bits per heavy atom. The van der Waals surface area contributed by atoms with Crippen LogP contribution in [-0.2, 0) is 9.53 Å². The molecule has 0 bridgehead atoms. The van der Waals surface area contributed by atoms with Crippen LogP contribution in [0.15, 0.2) is 61.9 Å². The average Bonchev–Trinajstić information content (AvgIpc) is 3.14. The minimum Gasteiger partial charge on any atom is -0.504 e. The number of ether oxygens (including phenoxy) is 3. The summed E-state index contributed by atoms with van der Waals surface area (Å²) in [6, 6.07) is 9.73. The van der Waals surface area contributed by atoms with E-state index in [1.165, 1.54) is 18.8 Å². The van der Waals surface area contributed by atoms with Crippen molar-refractivity contribution in [3.05, 3.63) is 83.0 Å². The van der Waals surface area contributed by atoms with Gasteiger partial charge in [0.15, 0.2) is 16.3 Å². The molecule has 0 aliphatic carbocycles. The molecule has 0 spiro atoms. The molecule has 0 amide bonds. The fourth-order valence-corrected chi connectivity index (χ4v) is 5.47. The minimum atomic E-state index is -0.797. The summed E-state index contributed by atoms with van der Waals surface area (Å²) in [6.07, 6.45) is 1.58. The van der Waals surface area contributed by atoms with Crippen LogP contribution in [0.1, 0.15) is 31.0 Å². The van der Waals surface area contributed by atoms with Crippen LogP contribution in [-0.4, -0.2) is 36.5 Å². The summed E-state index contributed by atoms with van der Waals surface area (Å²) in [4.78, 5) is 31.7. The number of hydrogen-bond donors (Lipinski definition) is 1. The topological polar surface area (TPSA) is 99.4 Å². The van der Waals surface area contributed by atoms with Crippen molar-refractivity contribution in [2.45, 2.75) is 19.9 Å². The van der Waals surface area contributed by atoms with E-state index in [-0.39, 0.29) is 29.2 Å². The highest BCUT2D eigenvalue weighted by Gasteiger charge is 2.35. The summed E-state index contributed by atoms with van der Waals surface area (Å²) < 4.78 is 18.6. The van der Waals surface area contributed by atoms with Gasteiger partial charge >= 0.3 is 5.97 Å². The number of aromatic nitrogens is 1. The number of phenols is 1. The van der Waals surface area contributed by atoms with Crippen LogP contribution in [0, 0.1) is 0 Å². The number of carbonyl (C=O) groups excluding carboxylic acids is 1. The molecule has 1 N–H and O–H groups in total. The van der Waals surface area contributed by atoms with Crippen molar-refractivity contribution in [2.75, 3.05) is 20.8 Å². The van der Waals surface area contributed by atoms with Gasteiger partial charge in [0.05, 0.1) is 36.6 Å². The molecule has 2 heterocycles. The van der Waals surface area contributed by atoms with E-state index < -0.39 is 12.0 Å². The molecule has 35 heavy (non-hydrogen) atoms. The SMILES string of the molecule is CCOC(=O)C1=C(C)N=c2s/c(=C\c3cc(Br)cc(OC)c3O)c(=O)n2[C@H]1c1ccccc1OC. The van der Waals surface area contributed by atoms with E-state index in [2.05, 4.69) is 20.9 Å². The Bertz CT molecular complexity index is 1520. The maximum atomic E-state index is 13.7. The number of allylic oxidation sites excluding steroid dienone is 1. The van der Waals surface area contributed by atoms with Gasteiger partial charge in [-0.2, -0.15) is 0 Å². The number of methoxy groups -OCH3 is 2. The van der Waals surface area contributed by atoms with Crippen molar-refractivity contribution in [1.82, 2.24) is 4.57 Å². The van der Waals surface area contributed by atoms with Gasteiger partial charge in [-0.1, -0.05) is 45.5 Å². The van der Waals surface area contributed by atoms with Gasteiger partial charge in [0.25, 0.3) is 5.56 Å². The average molecular weight is 559 g/mol. The molecule has 0 saturated carbocycles. The number of esters is 1. The van der Waals surface area contributed by atoms with Crippen LogP contribution < -0.4 is 24.4 Å². The fourth-order valence-electron chi connectivity index (χ4n) is 3.98. The van der Waals surface area contributed by atoms with Crippen molar-refractivity contribution < 1.29 is 24.1 Å². The molecule has 0 unspecified atom stereocenters. The van der Waals surface area contributed by atoms with E-state index in [0.717, 1.165) is 11.3 Å². The zero-order valence-electron chi connectivity index (χ0n) is 19.5. The molecule has 1 aliphatic rings. The molecule has 0 radical (unpaired) electrons. The number of benzene rings is 2. The smallest absolute Gasteiger partial charge is 0.338 e. The maximum absolute atomic E-state index is 13.7. The number of nitrogens with zero attached hydrogens (tertiary/aromatic N) is 2. The predicted octanol–water partition coefficient (Wildman–Crippen LogP) is 3.28. The Kier molecular flexibility index (Phi) is 7.13. The highest BCUT2D eigenvalue weighted by molar-refractivity contribution is 9.10. The van der Waals surface area contributed by atoms with Crippen LogP contribution >= 0.6 is 27.3 Å². The van der Waals surface area contributed by atoms with Gasteiger partial charge in [-0.05, 0) is 38.1 Å². The molecule has 182 valence electrons. The van der Waals surface area contributed by atoms with E-state index in [1.807, 2.05) is 18.2 Å². The van der Waals surface area contributed by atoms with E-state index in [0.29, 0.717) is 36.4 Å². The quantitative estimate of drug-likeness (QED) is 0.466. The van der Waals surface area contributed by atoms with Gasteiger partial charge in [0.2, 0.25) is 0 Å². The summed E-state index contributed by atoms with van der Waals surface area (Å²) in [7, 11) is 2.98. The van der Waals surface area contributed by atoms with Crippen LogP contribution in [0.25, 0.3) is 6.08 Å². The Morgan fingerprint density at radius 3 is 2.63 bits per heavy atom. The molecular weight excluding hydrogens is 536 g/mol. The van der Waals surface area contributed by atoms with E-state index in [1.54, 1.807) is 38.1 Å². The molecule has 2 aromatic carbocycles. The maximum Gasteiger partial charge on any atom is 0.338 e. The van der Waals surface area contributed by atoms with Crippen molar-refractivity contribution in [2.24, 2.45) is 4.99 Å². The number of hydrogen-bond acceptors (Lipinski definition) is 8. The zero-order chi connectivity index (χ0) is 25.3. The third-order valence-electron chi connectivity index (χ3n) is 5.53. The third-order valence-corrected chi connectivity index (χ3v) is 6.97. The Morgan fingerprint density at radius 2 is 1.94 bits per heavy atom. The van der Waals surface area contributed by atoms with E-state index >= 15 is 0 Å². The first-order valence-corrected chi connectivity index (χ1v) is 12.3. The third kappa shape index (κ3) is 4.51. The lowest BCUT2D eigenvalue weighted by atomic mass is 9.95. The standard InChI is InChI=1S/C25H23BrN2O6S/c1-5-34-24(31)20-13(2)27-25-28(21(20)16-8-6-7-9-17(16)32-3)23(30)19(35-25)11-14-10-15(26)12-18(33-4)22(14)29/h6-12,21,29H,5H2,1-4H3/b19-11-/t21-/m0/s1. The number of fused-ring (bicyclic) bond motifs is 1. The number of aromatic hydroxyl groups is 1. The lowest BCUT2D eigenvalue weighted by molar-refractivity contribution is -0.139. The van der Waals surface area contributed by atoms with Crippen LogP contribution in [0.3, 0.4) is 0 Å². The Hall–Kier alpha value is -3.37. The van der Waals surface area contributed by atoms with Crippen molar-refractivity contribution in [3.8, 4) is 17.2 Å². The molecule has 1 aliphatic heterocycles. The lowest BCUT2D eigenvalue weighted by Crippen LogP contribution is -2.40. The second kappa shape index (κ2) is 10.1. The molecule has 0 saturated heterocycles. The zero-order valence-corrected chi connectivity index (χ0v) is 21.9. The largest absolute Gasteiger partial charge is 0.504 e. The highest BCUT2D eigenvalue weighted by atomic mass is 79.9. The monoisotopic (exact) mass is 558 g/mol. The number of phenolic OH excluding ortho intramolecular Hbond substituents is 1. The number of halogens is 1. The first-order valence-electron chi connectivity index (χ1n) is 10.7. The highest BCUT2D eigenvalue weighted by Crippen LogP contribution is 2.36. The van der Waals surface area contributed by atoms with Gasteiger partial charge in [-0.15, -0.1) is 0 Å². The molecule has 4 rings (SSSR count). The van der Waals surface area contributed by atoms with Gasteiger partial charge in [0.1, 0.15) is 11.8 Å².